The molecular weight excluding hydrogens is 296 g/mol. The lowest BCUT2D eigenvalue weighted by Crippen LogP contribution is -2.54. The van der Waals surface area contributed by atoms with Gasteiger partial charge in [0, 0.05) is 6.04 Å². The quantitative estimate of drug-likeness (QED) is 0.910. The molecule has 116 valence electrons. The van der Waals surface area contributed by atoms with E-state index in [4.69, 9.17) is 0 Å². The first-order valence-corrected chi connectivity index (χ1v) is 7.44. The molecule has 1 amide bonds. The van der Waals surface area contributed by atoms with Gasteiger partial charge in [0.1, 0.15) is 0 Å². The molecule has 2 atom stereocenters. The second-order valence-corrected chi connectivity index (χ2v) is 5.47. The summed E-state index contributed by atoms with van der Waals surface area (Å²) in [5, 5.41) is 6.49. The van der Waals surface area contributed by atoms with Gasteiger partial charge >= 0.3 is 0 Å². The van der Waals surface area contributed by atoms with Crippen molar-refractivity contribution in [1.82, 2.24) is 10.6 Å². The van der Waals surface area contributed by atoms with Crippen molar-refractivity contribution in [3.63, 3.8) is 0 Å². The van der Waals surface area contributed by atoms with E-state index >= 15 is 0 Å². The van der Waals surface area contributed by atoms with Gasteiger partial charge in [-0.2, -0.15) is 0 Å². The fraction of sp³-hybridized carbons (Fsp3) is 0.278. The Kier molecular flexibility index (Phi) is 5.99. The van der Waals surface area contributed by atoms with Gasteiger partial charge in [-0.3, -0.25) is 10.1 Å². The second-order valence-electron chi connectivity index (χ2n) is 5.47. The summed E-state index contributed by atoms with van der Waals surface area (Å²) in [6.45, 7) is 0.390. The molecule has 1 saturated heterocycles. The SMILES string of the molecule is Cl.O=C1CNC(c2ccccc2)C(CCc2ccccc2)N1. The van der Waals surface area contributed by atoms with Gasteiger partial charge in [0.05, 0.1) is 12.6 Å². The number of rotatable bonds is 4. The molecule has 0 aliphatic carbocycles. The zero-order valence-corrected chi connectivity index (χ0v) is 13.2. The van der Waals surface area contributed by atoms with Crippen LogP contribution in [0, 0.1) is 0 Å². The monoisotopic (exact) mass is 316 g/mol. The number of benzene rings is 2. The number of carbonyl (C=O) groups is 1. The van der Waals surface area contributed by atoms with E-state index in [2.05, 4.69) is 47.0 Å². The second kappa shape index (κ2) is 7.97. The molecule has 0 spiro atoms. The number of halogens is 1. The number of nitrogens with one attached hydrogen (secondary N) is 2. The van der Waals surface area contributed by atoms with Gasteiger partial charge in [0.25, 0.3) is 0 Å². The predicted octanol–water partition coefficient (Wildman–Crippen LogP) is 2.87. The topological polar surface area (TPSA) is 41.1 Å². The van der Waals surface area contributed by atoms with Gasteiger partial charge in [0.15, 0.2) is 0 Å². The lowest BCUT2D eigenvalue weighted by molar-refractivity contribution is -0.123. The molecule has 3 nitrogen and oxygen atoms in total. The van der Waals surface area contributed by atoms with Crippen LogP contribution in [0.2, 0.25) is 0 Å². The van der Waals surface area contributed by atoms with Gasteiger partial charge < -0.3 is 5.32 Å². The largest absolute Gasteiger partial charge is 0.350 e. The van der Waals surface area contributed by atoms with Crippen molar-refractivity contribution in [2.45, 2.75) is 24.9 Å². The summed E-state index contributed by atoms with van der Waals surface area (Å²) in [6.07, 6.45) is 1.90. The Morgan fingerprint density at radius 2 is 1.59 bits per heavy atom. The highest BCUT2D eigenvalue weighted by molar-refractivity contribution is 5.85. The van der Waals surface area contributed by atoms with E-state index < -0.39 is 0 Å². The third-order valence-corrected chi connectivity index (χ3v) is 3.98. The first kappa shape index (κ1) is 16.5. The molecule has 2 aromatic rings. The average Bonchev–Trinajstić information content (AvgIpc) is 2.55. The minimum atomic E-state index is 0. The van der Waals surface area contributed by atoms with Crippen molar-refractivity contribution < 1.29 is 4.79 Å². The molecule has 3 rings (SSSR count). The van der Waals surface area contributed by atoms with Crippen LogP contribution < -0.4 is 10.6 Å². The molecule has 2 unspecified atom stereocenters. The third-order valence-electron chi connectivity index (χ3n) is 3.98. The lowest BCUT2D eigenvalue weighted by atomic mass is 9.92. The van der Waals surface area contributed by atoms with Crippen LogP contribution >= 0.6 is 12.4 Å². The van der Waals surface area contributed by atoms with Crippen molar-refractivity contribution in [1.29, 1.82) is 0 Å². The molecule has 2 N–H and O–H groups in total. The highest BCUT2D eigenvalue weighted by Gasteiger charge is 2.28. The molecule has 22 heavy (non-hydrogen) atoms. The number of hydrogen-bond donors (Lipinski definition) is 2. The van der Waals surface area contributed by atoms with Gasteiger partial charge in [-0.05, 0) is 24.0 Å². The molecule has 0 saturated carbocycles. The van der Waals surface area contributed by atoms with E-state index in [1.807, 2.05) is 24.3 Å². The van der Waals surface area contributed by atoms with Crippen molar-refractivity contribution >= 4 is 18.3 Å². The fourth-order valence-corrected chi connectivity index (χ4v) is 2.90. The van der Waals surface area contributed by atoms with E-state index in [0.717, 1.165) is 12.8 Å². The number of piperazine rings is 1. The smallest absolute Gasteiger partial charge is 0.234 e. The minimum absolute atomic E-state index is 0. The maximum absolute atomic E-state index is 11.7. The van der Waals surface area contributed by atoms with Crippen molar-refractivity contribution in [3.05, 3.63) is 71.8 Å². The molecule has 1 fully saturated rings. The molecule has 0 aromatic heterocycles. The average molecular weight is 317 g/mol. The van der Waals surface area contributed by atoms with Crippen LogP contribution in [0.5, 0.6) is 0 Å². The molecule has 2 aromatic carbocycles. The Morgan fingerprint density at radius 1 is 0.955 bits per heavy atom. The van der Waals surface area contributed by atoms with Crippen LogP contribution in [-0.2, 0) is 11.2 Å². The normalized spacial score (nSPS) is 20.8. The Labute approximate surface area is 137 Å². The Balaban J connectivity index is 0.00000176. The fourth-order valence-electron chi connectivity index (χ4n) is 2.90. The number of hydrogen-bond acceptors (Lipinski definition) is 2. The highest BCUT2D eigenvalue weighted by atomic mass is 35.5. The van der Waals surface area contributed by atoms with E-state index in [-0.39, 0.29) is 30.4 Å². The molecule has 0 radical (unpaired) electrons. The molecule has 1 aliphatic heterocycles. The van der Waals surface area contributed by atoms with Crippen molar-refractivity contribution in [2.75, 3.05) is 6.54 Å². The summed E-state index contributed by atoms with van der Waals surface area (Å²) in [5.74, 6) is 0.0836. The summed E-state index contributed by atoms with van der Waals surface area (Å²) in [5.41, 5.74) is 2.54. The van der Waals surface area contributed by atoms with Crippen molar-refractivity contribution in [3.8, 4) is 0 Å². The van der Waals surface area contributed by atoms with E-state index in [0.29, 0.717) is 6.54 Å². The third kappa shape index (κ3) is 4.09. The Morgan fingerprint density at radius 3 is 2.27 bits per heavy atom. The maximum atomic E-state index is 11.7. The standard InChI is InChI=1S/C18H20N2O.ClH/c21-17-13-19-18(15-9-5-2-6-10-15)16(20-17)12-11-14-7-3-1-4-8-14;/h1-10,16,18-19H,11-13H2,(H,20,21);1H. The van der Waals surface area contributed by atoms with E-state index in [1.165, 1.54) is 11.1 Å². The first-order chi connectivity index (χ1) is 10.3. The summed E-state index contributed by atoms with van der Waals surface area (Å²) in [4.78, 5) is 11.7. The summed E-state index contributed by atoms with van der Waals surface area (Å²) < 4.78 is 0. The summed E-state index contributed by atoms with van der Waals surface area (Å²) in [6, 6.07) is 21.1. The summed E-state index contributed by atoms with van der Waals surface area (Å²) >= 11 is 0. The highest BCUT2D eigenvalue weighted by Crippen LogP contribution is 2.22. The van der Waals surface area contributed by atoms with Gasteiger partial charge in [-0.15, -0.1) is 12.4 Å². The number of carbonyl (C=O) groups excluding carboxylic acids is 1. The molecule has 1 heterocycles. The Bertz CT molecular complexity index is 589. The molecule has 0 bridgehead atoms. The van der Waals surface area contributed by atoms with Gasteiger partial charge in [0.2, 0.25) is 5.91 Å². The van der Waals surface area contributed by atoms with Crippen LogP contribution in [0.25, 0.3) is 0 Å². The molecular formula is C18H21ClN2O. The van der Waals surface area contributed by atoms with Gasteiger partial charge in [-0.1, -0.05) is 60.7 Å². The van der Waals surface area contributed by atoms with Crippen LogP contribution in [0.3, 0.4) is 0 Å². The zero-order valence-electron chi connectivity index (χ0n) is 12.4. The van der Waals surface area contributed by atoms with Crippen LogP contribution in [0.4, 0.5) is 0 Å². The minimum Gasteiger partial charge on any atom is -0.350 e. The Hall–Kier alpha value is -1.84. The first-order valence-electron chi connectivity index (χ1n) is 7.44. The number of amides is 1. The number of aryl methyl sites for hydroxylation is 1. The van der Waals surface area contributed by atoms with E-state index in [1.54, 1.807) is 0 Å². The maximum Gasteiger partial charge on any atom is 0.234 e. The van der Waals surface area contributed by atoms with Crippen LogP contribution in [0.1, 0.15) is 23.6 Å². The van der Waals surface area contributed by atoms with Crippen LogP contribution in [-0.4, -0.2) is 18.5 Å². The summed E-state index contributed by atoms with van der Waals surface area (Å²) in [7, 11) is 0. The van der Waals surface area contributed by atoms with Gasteiger partial charge in [-0.25, -0.2) is 0 Å². The van der Waals surface area contributed by atoms with Crippen LogP contribution in [0.15, 0.2) is 60.7 Å². The lowest BCUT2D eigenvalue weighted by Gasteiger charge is -2.33. The molecule has 1 aliphatic rings. The van der Waals surface area contributed by atoms with E-state index in [9.17, 15) is 4.79 Å². The molecule has 4 heteroatoms. The predicted molar refractivity (Wildman–Crippen MR) is 91.1 cm³/mol. The van der Waals surface area contributed by atoms with Crippen molar-refractivity contribution in [2.24, 2.45) is 0 Å². The zero-order chi connectivity index (χ0) is 14.5.